The largest absolute Gasteiger partial charge is 0.490 e. The number of carbonyl (C=O) groups excluding carboxylic acids is 2. The SMILES string of the molecule is CCCCCCCOc1ccc(C(=O)Oc2ccc([C@H]3CC[C@H](OC(=O)[C@@H](F)[C@@H](C)CC)CC3)cc2)c(F)c1F. The van der Waals surface area contributed by atoms with E-state index in [0.29, 0.717) is 19.3 Å². The predicted octanol–water partition coefficient (Wildman–Crippen LogP) is 8.49. The fourth-order valence-electron chi connectivity index (χ4n) is 4.84. The van der Waals surface area contributed by atoms with Crippen molar-refractivity contribution in [2.75, 3.05) is 6.61 Å². The van der Waals surface area contributed by atoms with Crippen LogP contribution in [0.4, 0.5) is 13.2 Å². The molecule has 220 valence electrons. The Kier molecular flexibility index (Phi) is 12.3. The normalized spacial score (nSPS) is 18.6. The van der Waals surface area contributed by atoms with Crippen molar-refractivity contribution in [3.63, 3.8) is 0 Å². The van der Waals surface area contributed by atoms with Crippen LogP contribution in [0, 0.1) is 17.6 Å². The molecule has 0 heterocycles. The van der Waals surface area contributed by atoms with Gasteiger partial charge in [-0.15, -0.1) is 0 Å². The van der Waals surface area contributed by atoms with E-state index < -0.39 is 35.3 Å². The van der Waals surface area contributed by atoms with E-state index >= 15 is 0 Å². The van der Waals surface area contributed by atoms with E-state index in [-0.39, 0.29) is 36.0 Å². The molecular formula is C32H41F3O5. The van der Waals surface area contributed by atoms with E-state index in [1.165, 1.54) is 12.1 Å². The molecule has 0 amide bonds. The van der Waals surface area contributed by atoms with Gasteiger partial charge in [-0.05, 0) is 73.8 Å². The molecule has 2 atom stereocenters. The molecule has 2 aromatic carbocycles. The molecule has 1 aliphatic rings. The molecule has 5 nitrogen and oxygen atoms in total. The first-order chi connectivity index (χ1) is 19.2. The molecule has 1 fully saturated rings. The zero-order valence-corrected chi connectivity index (χ0v) is 23.7. The van der Waals surface area contributed by atoms with Crippen LogP contribution in [-0.2, 0) is 9.53 Å². The van der Waals surface area contributed by atoms with Crippen molar-refractivity contribution in [3.8, 4) is 11.5 Å². The molecule has 1 saturated carbocycles. The van der Waals surface area contributed by atoms with E-state index in [1.54, 1.807) is 19.1 Å². The lowest BCUT2D eigenvalue weighted by molar-refractivity contribution is -0.158. The number of hydrogen-bond donors (Lipinski definition) is 0. The Balaban J connectivity index is 1.49. The molecule has 3 rings (SSSR count). The van der Waals surface area contributed by atoms with Gasteiger partial charge in [0.2, 0.25) is 5.82 Å². The summed E-state index contributed by atoms with van der Waals surface area (Å²) in [5.74, 6) is -4.44. The molecule has 0 aliphatic heterocycles. The number of carbonyl (C=O) groups is 2. The highest BCUT2D eigenvalue weighted by molar-refractivity contribution is 5.91. The van der Waals surface area contributed by atoms with Crippen molar-refractivity contribution in [1.29, 1.82) is 0 Å². The lowest BCUT2D eigenvalue weighted by Gasteiger charge is -2.29. The average Bonchev–Trinajstić information content (AvgIpc) is 2.96. The highest BCUT2D eigenvalue weighted by atomic mass is 19.2. The van der Waals surface area contributed by atoms with Crippen LogP contribution in [0.5, 0.6) is 11.5 Å². The lowest BCUT2D eigenvalue weighted by Crippen LogP contribution is -2.31. The highest BCUT2D eigenvalue weighted by Crippen LogP contribution is 2.35. The maximum atomic E-state index is 14.6. The summed E-state index contributed by atoms with van der Waals surface area (Å²) < 4.78 is 59.2. The summed E-state index contributed by atoms with van der Waals surface area (Å²) in [4.78, 5) is 24.6. The second-order valence-electron chi connectivity index (χ2n) is 10.7. The minimum Gasteiger partial charge on any atom is -0.490 e. The summed E-state index contributed by atoms with van der Waals surface area (Å²) in [7, 11) is 0. The average molecular weight is 563 g/mol. The predicted molar refractivity (Wildman–Crippen MR) is 147 cm³/mol. The van der Waals surface area contributed by atoms with Crippen molar-refractivity contribution >= 4 is 11.9 Å². The maximum Gasteiger partial charge on any atom is 0.346 e. The number of hydrogen-bond acceptors (Lipinski definition) is 5. The Bertz CT molecular complexity index is 1100. The van der Waals surface area contributed by atoms with Gasteiger partial charge >= 0.3 is 11.9 Å². The van der Waals surface area contributed by atoms with Crippen LogP contribution in [-0.4, -0.2) is 30.8 Å². The van der Waals surface area contributed by atoms with Gasteiger partial charge in [0, 0.05) is 0 Å². The van der Waals surface area contributed by atoms with Crippen LogP contribution < -0.4 is 9.47 Å². The number of unbranched alkanes of at least 4 members (excludes halogenated alkanes) is 4. The first-order valence-electron chi connectivity index (χ1n) is 14.5. The summed E-state index contributed by atoms with van der Waals surface area (Å²) in [6, 6.07) is 9.30. The molecular weight excluding hydrogens is 521 g/mol. The van der Waals surface area contributed by atoms with E-state index in [9.17, 15) is 22.8 Å². The lowest BCUT2D eigenvalue weighted by atomic mass is 9.82. The van der Waals surface area contributed by atoms with Gasteiger partial charge in [0.25, 0.3) is 0 Å². The first-order valence-corrected chi connectivity index (χ1v) is 14.5. The summed E-state index contributed by atoms with van der Waals surface area (Å²) in [6.45, 7) is 5.93. The summed E-state index contributed by atoms with van der Waals surface area (Å²) in [5, 5.41) is 0. The summed E-state index contributed by atoms with van der Waals surface area (Å²) >= 11 is 0. The number of rotatable bonds is 14. The monoisotopic (exact) mass is 562 g/mol. The molecule has 40 heavy (non-hydrogen) atoms. The van der Waals surface area contributed by atoms with Crippen molar-refractivity contribution in [1.82, 2.24) is 0 Å². The fraction of sp³-hybridized carbons (Fsp3) is 0.562. The summed E-state index contributed by atoms with van der Waals surface area (Å²) in [5.41, 5.74) is 0.523. The summed E-state index contributed by atoms with van der Waals surface area (Å²) in [6.07, 6.45) is 6.53. The second-order valence-corrected chi connectivity index (χ2v) is 10.7. The number of halogens is 3. The van der Waals surface area contributed by atoms with Crippen molar-refractivity contribution in [3.05, 3.63) is 59.2 Å². The van der Waals surface area contributed by atoms with Crippen LogP contribution in [0.2, 0.25) is 0 Å². The topological polar surface area (TPSA) is 61.8 Å². The first kappa shape index (κ1) is 31.5. The third-order valence-corrected chi connectivity index (χ3v) is 7.66. The highest BCUT2D eigenvalue weighted by Gasteiger charge is 2.30. The minimum absolute atomic E-state index is 0.211. The molecule has 0 N–H and O–H groups in total. The van der Waals surface area contributed by atoms with E-state index in [2.05, 4.69) is 6.92 Å². The molecule has 2 aromatic rings. The van der Waals surface area contributed by atoms with Crippen LogP contribution in [0.1, 0.15) is 107 Å². The van der Waals surface area contributed by atoms with E-state index in [4.69, 9.17) is 14.2 Å². The van der Waals surface area contributed by atoms with Crippen molar-refractivity contribution in [2.45, 2.75) is 103 Å². The van der Waals surface area contributed by atoms with Gasteiger partial charge in [-0.2, -0.15) is 4.39 Å². The number of alkyl halides is 1. The number of ether oxygens (including phenoxy) is 3. The molecule has 0 unspecified atom stereocenters. The molecule has 0 aromatic heterocycles. The quantitative estimate of drug-likeness (QED) is 0.131. The Morgan fingerprint density at radius 1 is 0.900 bits per heavy atom. The van der Waals surface area contributed by atoms with Crippen LogP contribution >= 0.6 is 0 Å². The zero-order chi connectivity index (χ0) is 29.1. The van der Waals surface area contributed by atoms with Gasteiger partial charge in [-0.1, -0.05) is 65.0 Å². The van der Waals surface area contributed by atoms with Gasteiger partial charge in [0.05, 0.1) is 12.2 Å². The zero-order valence-electron chi connectivity index (χ0n) is 23.7. The molecule has 1 aliphatic carbocycles. The molecule has 0 radical (unpaired) electrons. The van der Waals surface area contributed by atoms with E-state index in [0.717, 1.165) is 50.5 Å². The van der Waals surface area contributed by atoms with Crippen molar-refractivity contribution < 1.29 is 37.0 Å². The molecule has 0 spiro atoms. The molecule has 0 saturated heterocycles. The Morgan fingerprint density at radius 3 is 2.23 bits per heavy atom. The number of esters is 2. The maximum absolute atomic E-state index is 14.6. The third kappa shape index (κ3) is 8.73. The second kappa shape index (κ2) is 15.7. The molecule has 8 heteroatoms. The smallest absolute Gasteiger partial charge is 0.346 e. The Hall–Kier alpha value is -3.03. The van der Waals surface area contributed by atoms with Crippen LogP contribution in [0.3, 0.4) is 0 Å². The van der Waals surface area contributed by atoms with Gasteiger partial charge in [0.1, 0.15) is 11.9 Å². The fourth-order valence-corrected chi connectivity index (χ4v) is 4.84. The third-order valence-electron chi connectivity index (χ3n) is 7.66. The van der Waals surface area contributed by atoms with Gasteiger partial charge in [-0.25, -0.2) is 18.4 Å². The van der Waals surface area contributed by atoms with Crippen LogP contribution in [0.15, 0.2) is 36.4 Å². The number of benzene rings is 2. The molecule has 0 bridgehead atoms. The van der Waals surface area contributed by atoms with Crippen LogP contribution in [0.25, 0.3) is 0 Å². The minimum atomic E-state index is -1.60. The Morgan fingerprint density at radius 2 is 1.57 bits per heavy atom. The van der Waals surface area contributed by atoms with Crippen molar-refractivity contribution in [2.24, 2.45) is 5.92 Å². The van der Waals surface area contributed by atoms with E-state index in [1.807, 2.05) is 19.1 Å². The standard InChI is InChI=1S/C32H41F3O5/c1-4-6-7-8-9-20-38-27-19-18-26(29(34)30(27)35)31(36)39-24-14-10-22(11-15-24)23-12-16-25(17-13-23)40-32(37)28(33)21(3)5-2/h10-11,14-15,18-19,21,23,25,28H,4-9,12-13,16-17,20H2,1-3H3/t21-,23-,25-,28-/m0/s1. The van der Waals surface area contributed by atoms with Gasteiger partial charge < -0.3 is 14.2 Å². The van der Waals surface area contributed by atoms with Gasteiger partial charge in [-0.3, -0.25) is 0 Å². The Labute approximate surface area is 235 Å². The van der Waals surface area contributed by atoms with Gasteiger partial charge in [0.15, 0.2) is 17.7 Å².